The summed E-state index contributed by atoms with van der Waals surface area (Å²) in [7, 11) is 0. The van der Waals surface area contributed by atoms with Gasteiger partial charge in [-0.05, 0) is 36.3 Å². The third kappa shape index (κ3) is 4.35. The third-order valence-corrected chi connectivity index (χ3v) is 3.43. The van der Waals surface area contributed by atoms with E-state index in [2.05, 4.69) is 21.2 Å². The summed E-state index contributed by atoms with van der Waals surface area (Å²) in [4.78, 5) is 11.9. The van der Waals surface area contributed by atoms with Crippen LogP contribution >= 0.6 is 15.9 Å². The van der Waals surface area contributed by atoms with Crippen molar-refractivity contribution in [3.63, 3.8) is 0 Å². The van der Waals surface area contributed by atoms with Crippen molar-refractivity contribution in [3.05, 3.63) is 76.3 Å². The van der Waals surface area contributed by atoms with Crippen LogP contribution in [-0.2, 0) is 4.79 Å². The number of hydrogen-bond acceptors (Lipinski definition) is 1. The van der Waals surface area contributed by atoms with Gasteiger partial charge in [0.2, 0.25) is 5.91 Å². The molecule has 0 radical (unpaired) electrons. The molecule has 1 atom stereocenters. The van der Waals surface area contributed by atoms with Gasteiger partial charge in [0.25, 0.3) is 0 Å². The summed E-state index contributed by atoms with van der Waals surface area (Å²) in [6.45, 7) is 1.97. The second kappa shape index (κ2) is 7.06. The van der Waals surface area contributed by atoms with E-state index in [1.165, 1.54) is 0 Å². The second-order valence-electron chi connectivity index (χ2n) is 4.53. The van der Waals surface area contributed by atoms with E-state index in [1.807, 2.05) is 61.5 Å². The molecule has 0 saturated carbocycles. The number of nitrogens with one attached hydrogen (secondary N) is 1. The van der Waals surface area contributed by atoms with E-state index in [0.717, 1.165) is 15.6 Å². The quantitative estimate of drug-likeness (QED) is 0.830. The molecule has 0 fully saturated rings. The molecule has 102 valence electrons. The monoisotopic (exact) mass is 329 g/mol. The molecule has 2 aromatic rings. The molecule has 2 aromatic carbocycles. The van der Waals surface area contributed by atoms with Gasteiger partial charge in [-0.3, -0.25) is 4.79 Å². The molecule has 0 unspecified atom stereocenters. The largest absolute Gasteiger partial charge is 0.346 e. The SMILES string of the molecule is C[C@@H](NC(=O)/C=C/c1cccc(Br)c1)c1ccccc1. The van der Waals surface area contributed by atoms with Gasteiger partial charge in [0, 0.05) is 10.5 Å². The summed E-state index contributed by atoms with van der Waals surface area (Å²) in [5.74, 6) is -0.0960. The topological polar surface area (TPSA) is 29.1 Å². The van der Waals surface area contributed by atoms with Crippen LogP contribution in [0.2, 0.25) is 0 Å². The lowest BCUT2D eigenvalue weighted by molar-refractivity contribution is -0.117. The molecule has 2 rings (SSSR count). The maximum atomic E-state index is 11.9. The highest BCUT2D eigenvalue weighted by Crippen LogP contribution is 2.13. The molecule has 0 saturated heterocycles. The van der Waals surface area contributed by atoms with Crippen LogP contribution < -0.4 is 5.32 Å². The van der Waals surface area contributed by atoms with Gasteiger partial charge in [0.1, 0.15) is 0 Å². The van der Waals surface area contributed by atoms with Crippen molar-refractivity contribution in [1.82, 2.24) is 5.32 Å². The molecule has 0 aliphatic carbocycles. The minimum atomic E-state index is -0.0960. The minimum Gasteiger partial charge on any atom is -0.346 e. The van der Waals surface area contributed by atoms with Crippen LogP contribution in [0.3, 0.4) is 0 Å². The van der Waals surface area contributed by atoms with E-state index in [1.54, 1.807) is 12.2 Å². The maximum Gasteiger partial charge on any atom is 0.244 e. The number of halogens is 1. The van der Waals surface area contributed by atoms with E-state index in [0.29, 0.717) is 0 Å². The van der Waals surface area contributed by atoms with Crippen LogP contribution in [0.5, 0.6) is 0 Å². The molecular weight excluding hydrogens is 314 g/mol. The fourth-order valence-corrected chi connectivity index (χ4v) is 2.29. The first-order valence-corrected chi connectivity index (χ1v) is 7.23. The fraction of sp³-hybridized carbons (Fsp3) is 0.118. The average Bonchev–Trinajstić information content (AvgIpc) is 2.46. The van der Waals surface area contributed by atoms with Crippen molar-refractivity contribution in [3.8, 4) is 0 Å². The summed E-state index contributed by atoms with van der Waals surface area (Å²) < 4.78 is 0.998. The lowest BCUT2D eigenvalue weighted by atomic mass is 10.1. The molecule has 0 spiro atoms. The number of rotatable bonds is 4. The van der Waals surface area contributed by atoms with Gasteiger partial charge in [-0.2, -0.15) is 0 Å². The van der Waals surface area contributed by atoms with Crippen LogP contribution in [-0.4, -0.2) is 5.91 Å². The number of hydrogen-bond donors (Lipinski definition) is 1. The first kappa shape index (κ1) is 14.5. The van der Waals surface area contributed by atoms with E-state index in [4.69, 9.17) is 0 Å². The summed E-state index contributed by atoms with van der Waals surface area (Å²) in [5.41, 5.74) is 2.08. The van der Waals surface area contributed by atoms with Gasteiger partial charge in [-0.1, -0.05) is 58.4 Å². The molecule has 0 aromatic heterocycles. The Morgan fingerprint density at radius 2 is 1.90 bits per heavy atom. The van der Waals surface area contributed by atoms with E-state index < -0.39 is 0 Å². The number of carbonyl (C=O) groups is 1. The number of carbonyl (C=O) groups excluding carboxylic acids is 1. The molecule has 1 N–H and O–H groups in total. The zero-order valence-corrected chi connectivity index (χ0v) is 12.8. The zero-order valence-electron chi connectivity index (χ0n) is 11.2. The Kier molecular flexibility index (Phi) is 5.13. The van der Waals surface area contributed by atoms with Gasteiger partial charge >= 0.3 is 0 Å². The summed E-state index contributed by atoms with van der Waals surface area (Å²) >= 11 is 3.41. The lowest BCUT2D eigenvalue weighted by Crippen LogP contribution is -2.24. The van der Waals surface area contributed by atoms with Gasteiger partial charge in [-0.15, -0.1) is 0 Å². The van der Waals surface area contributed by atoms with Gasteiger partial charge in [-0.25, -0.2) is 0 Å². The first-order valence-electron chi connectivity index (χ1n) is 6.44. The van der Waals surface area contributed by atoms with Crippen molar-refractivity contribution in [2.75, 3.05) is 0 Å². The van der Waals surface area contributed by atoms with Crippen LogP contribution in [0.15, 0.2) is 65.1 Å². The Morgan fingerprint density at radius 1 is 1.15 bits per heavy atom. The van der Waals surface area contributed by atoms with Crippen LogP contribution in [0.4, 0.5) is 0 Å². The summed E-state index contributed by atoms with van der Waals surface area (Å²) in [6.07, 6.45) is 3.36. The normalized spacial score (nSPS) is 12.3. The van der Waals surface area contributed by atoms with Crippen molar-refractivity contribution in [1.29, 1.82) is 0 Å². The third-order valence-electron chi connectivity index (χ3n) is 2.93. The molecule has 0 heterocycles. The van der Waals surface area contributed by atoms with Gasteiger partial charge in [0.15, 0.2) is 0 Å². The fourth-order valence-electron chi connectivity index (χ4n) is 1.87. The summed E-state index contributed by atoms with van der Waals surface area (Å²) in [5, 5.41) is 2.94. The highest BCUT2D eigenvalue weighted by molar-refractivity contribution is 9.10. The van der Waals surface area contributed by atoms with Gasteiger partial charge < -0.3 is 5.32 Å². The van der Waals surface area contributed by atoms with Crippen LogP contribution in [0, 0.1) is 0 Å². The maximum absolute atomic E-state index is 11.9. The smallest absolute Gasteiger partial charge is 0.244 e. The predicted octanol–water partition coefficient (Wildman–Crippen LogP) is 4.34. The zero-order chi connectivity index (χ0) is 14.4. The highest BCUT2D eigenvalue weighted by Gasteiger charge is 2.06. The number of amides is 1. The van der Waals surface area contributed by atoms with E-state index in [-0.39, 0.29) is 11.9 Å². The van der Waals surface area contributed by atoms with Crippen molar-refractivity contribution >= 4 is 27.9 Å². The molecule has 0 aliphatic heterocycles. The Hall–Kier alpha value is -1.87. The predicted molar refractivity (Wildman–Crippen MR) is 86.2 cm³/mol. The second-order valence-corrected chi connectivity index (χ2v) is 5.44. The van der Waals surface area contributed by atoms with Crippen molar-refractivity contribution in [2.24, 2.45) is 0 Å². The highest BCUT2D eigenvalue weighted by atomic mass is 79.9. The molecule has 0 aliphatic rings. The Labute approximate surface area is 127 Å². The molecule has 20 heavy (non-hydrogen) atoms. The van der Waals surface area contributed by atoms with Gasteiger partial charge in [0.05, 0.1) is 6.04 Å². The van der Waals surface area contributed by atoms with Crippen LogP contribution in [0.25, 0.3) is 6.08 Å². The Balaban J connectivity index is 1.96. The van der Waals surface area contributed by atoms with Crippen molar-refractivity contribution in [2.45, 2.75) is 13.0 Å². The standard InChI is InChI=1S/C17H16BrNO/c1-13(15-7-3-2-4-8-15)19-17(20)11-10-14-6-5-9-16(18)12-14/h2-13H,1H3,(H,19,20)/b11-10+/t13-/m1/s1. The average molecular weight is 330 g/mol. The Bertz CT molecular complexity index is 607. The van der Waals surface area contributed by atoms with Crippen molar-refractivity contribution < 1.29 is 4.79 Å². The van der Waals surface area contributed by atoms with E-state index in [9.17, 15) is 4.79 Å². The Morgan fingerprint density at radius 3 is 2.60 bits per heavy atom. The molecule has 2 nitrogen and oxygen atoms in total. The van der Waals surface area contributed by atoms with E-state index >= 15 is 0 Å². The van der Waals surface area contributed by atoms with Crippen LogP contribution in [0.1, 0.15) is 24.1 Å². The summed E-state index contributed by atoms with van der Waals surface area (Å²) in [6, 6.07) is 17.7. The first-order chi connectivity index (χ1) is 9.65. The number of benzene rings is 2. The molecule has 3 heteroatoms. The molecular formula is C17H16BrNO. The molecule has 0 bridgehead atoms. The molecule has 1 amide bonds. The lowest BCUT2D eigenvalue weighted by Gasteiger charge is -2.12. The minimum absolute atomic E-state index is 0.00383.